The zero-order valence-corrected chi connectivity index (χ0v) is 15.3. The highest BCUT2D eigenvalue weighted by atomic mass is 32.1. The molecule has 1 aliphatic rings. The molecule has 2 aromatic heterocycles. The molecule has 0 amide bonds. The lowest BCUT2D eigenvalue weighted by Gasteiger charge is -2.10. The molecule has 1 aromatic carbocycles. The number of hydrogen-bond donors (Lipinski definition) is 0. The molecule has 0 spiro atoms. The topological polar surface area (TPSA) is 61.2 Å². The van der Waals surface area contributed by atoms with Gasteiger partial charge in [-0.1, -0.05) is 30.3 Å². The third-order valence-electron chi connectivity index (χ3n) is 4.74. The van der Waals surface area contributed by atoms with Crippen LogP contribution in [0.3, 0.4) is 0 Å². The van der Waals surface area contributed by atoms with Crippen LogP contribution in [0.4, 0.5) is 0 Å². The van der Waals surface area contributed by atoms with Crippen LogP contribution in [0, 0.1) is 0 Å². The largest absolute Gasteiger partial charge is 0.461 e. The lowest BCUT2D eigenvalue weighted by atomic mass is 9.97. The van der Waals surface area contributed by atoms with E-state index in [1.807, 2.05) is 30.3 Å². The van der Waals surface area contributed by atoms with Crippen LogP contribution < -0.4 is 5.56 Å². The number of ether oxygens (including phenoxy) is 1. The molecule has 0 unspecified atom stereocenters. The van der Waals surface area contributed by atoms with E-state index in [1.54, 1.807) is 17.7 Å². The van der Waals surface area contributed by atoms with Gasteiger partial charge in [-0.15, -0.1) is 11.3 Å². The first-order valence-corrected chi connectivity index (χ1v) is 9.73. The molecule has 0 radical (unpaired) electrons. The minimum atomic E-state index is -0.312. The van der Waals surface area contributed by atoms with Crippen LogP contribution in [0.1, 0.15) is 35.3 Å². The summed E-state index contributed by atoms with van der Waals surface area (Å²) in [5.74, 6) is -0.312. The van der Waals surface area contributed by atoms with E-state index < -0.39 is 0 Å². The van der Waals surface area contributed by atoms with Crippen molar-refractivity contribution in [3.05, 3.63) is 63.0 Å². The van der Waals surface area contributed by atoms with Gasteiger partial charge >= 0.3 is 5.97 Å². The van der Waals surface area contributed by atoms with Gasteiger partial charge in [0.05, 0.1) is 18.1 Å². The Hall–Kier alpha value is -2.47. The lowest BCUT2D eigenvalue weighted by molar-refractivity contribution is -0.145. The summed E-state index contributed by atoms with van der Waals surface area (Å²) in [5, 5.41) is 0.754. The second-order valence-electron chi connectivity index (χ2n) is 6.53. The molecule has 2 heterocycles. The average molecular weight is 368 g/mol. The van der Waals surface area contributed by atoms with Crippen LogP contribution in [0.15, 0.2) is 41.5 Å². The molecule has 26 heavy (non-hydrogen) atoms. The summed E-state index contributed by atoms with van der Waals surface area (Å²) in [7, 11) is 0. The van der Waals surface area contributed by atoms with Crippen molar-refractivity contribution in [2.24, 2.45) is 0 Å². The zero-order chi connectivity index (χ0) is 17.9. The first-order chi connectivity index (χ1) is 12.7. The van der Waals surface area contributed by atoms with Gasteiger partial charge < -0.3 is 4.74 Å². The Labute approximate surface area is 155 Å². The van der Waals surface area contributed by atoms with Gasteiger partial charge in [0, 0.05) is 11.4 Å². The normalized spacial score (nSPS) is 13.5. The summed E-state index contributed by atoms with van der Waals surface area (Å²) in [6.07, 6.45) is 6.01. The number of benzene rings is 1. The fraction of sp³-hybridized carbons (Fsp3) is 0.350. The maximum absolute atomic E-state index is 12.8. The second kappa shape index (κ2) is 7.41. The number of aromatic nitrogens is 2. The number of nitrogens with zero attached hydrogens (tertiary/aromatic N) is 2. The fourth-order valence-electron chi connectivity index (χ4n) is 3.36. The number of fused-ring (bicyclic) bond motifs is 3. The van der Waals surface area contributed by atoms with Crippen LogP contribution in [-0.2, 0) is 35.5 Å². The molecule has 4 rings (SSSR count). The number of carbonyl (C=O) groups is 1. The highest BCUT2D eigenvalue weighted by Crippen LogP contribution is 2.33. The molecule has 0 saturated carbocycles. The molecule has 0 fully saturated rings. The number of rotatable bonds is 5. The number of aryl methyl sites for hydroxylation is 3. The minimum absolute atomic E-state index is 0.0368. The van der Waals surface area contributed by atoms with Gasteiger partial charge in [0.25, 0.3) is 5.56 Å². The Morgan fingerprint density at radius 2 is 2.00 bits per heavy atom. The molecule has 3 aromatic rings. The van der Waals surface area contributed by atoms with E-state index >= 15 is 0 Å². The maximum Gasteiger partial charge on any atom is 0.307 e. The minimum Gasteiger partial charge on any atom is -0.461 e. The first kappa shape index (κ1) is 17.0. The van der Waals surface area contributed by atoms with Crippen LogP contribution in [0.25, 0.3) is 10.2 Å². The van der Waals surface area contributed by atoms with Crippen LogP contribution in [0.5, 0.6) is 0 Å². The van der Waals surface area contributed by atoms with Crippen molar-refractivity contribution in [3.63, 3.8) is 0 Å². The molecule has 5 nitrogen and oxygen atoms in total. The lowest BCUT2D eigenvalue weighted by Crippen LogP contribution is -2.23. The van der Waals surface area contributed by atoms with Crippen molar-refractivity contribution in [1.29, 1.82) is 0 Å². The Morgan fingerprint density at radius 1 is 1.19 bits per heavy atom. The maximum atomic E-state index is 12.8. The third kappa shape index (κ3) is 3.42. The summed E-state index contributed by atoms with van der Waals surface area (Å²) in [6.45, 7) is 0.546. The summed E-state index contributed by atoms with van der Waals surface area (Å²) in [4.78, 5) is 31.4. The molecule has 0 aliphatic heterocycles. The van der Waals surface area contributed by atoms with Gasteiger partial charge in [-0.05, 0) is 36.8 Å². The standard InChI is InChI=1S/C20H20N2O3S/c23-17(25-12-14-6-2-1-3-7-14)10-11-22-13-21-19-18(20(22)24)15-8-4-5-9-16(15)26-19/h1-3,6-7,13H,4-5,8-12H2. The molecule has 0 bridgehead atoms. The molecule has 0 N–H and O–H groups in total. The van der Waals surface area contributed by atoms with Crippen molar-refractivity contribution in [3.8, 4) is 0 Å². The third-order valence-corrected chi connectivity index (χ3v) is 5.94. The highest BCUT2D eigenvalue weighted by molar-refractivity contribution is 7.18. The number of hydrogen-bond acceptors (Lipinski definition) is 5. The molecule has 1 aliphatic carbocycles. The SMILES string of the molecule is O=C(CCn1cnc2sc3c(c2c1=O)CCCC3)OCc1ccccc1. The molecular weight excluding hydrogens is 348 g/mol. The second-order valence-corrected chi connectivity index (χ2v) is 7.61. The molecule has 134 valence electrons. The molecular formula is C20H20N2O3S. The van der Waals surface area contributed by atoms with Crippen molar-refractivity contribution in [2.45, 2.75) is 45.3 Å². The molecule has 0 saturated heterocycles. The Balaban J connectivity index is 1.45. The van der Waals surface area contributed by atoms with E-state index in [2.05, 4.69) is 4.98 Å². The Bertz CT molecular complexity index is 991. The summed E-state index contributed by atoms with van der Waals surface area (Å²) < 4.78 is 6.82. The van der Waals surface area contributed by atoms with Gasteiger partial charge in [-0.25, -0.2) is 4.98 Å². The van der Waals surface area contributed by atoms with Crippen LogP contribution in [0.2, 0.25) is 0 Å². The Morgan fingerprint density at radius 3 is 2.85 bits per heavy atom. The van der Waals surface area contributed by atoms with E-state index in [-0.39, 0.29) is 24.6 Å². The van der Waals surface area contributed by atoms with Crippen LogP contribution >= 0.6 is 11.3 Å². The zero-order valence-electron chi connectivity index (χ0n) is 14.4. The van der Waals surface area contributed by atoms with Gasteiger partial charge in [0.15, 0.2) is 0 Å². The predicted octanol–water partition coefficient (Wildman–Crippen LogP) is 3.47. The van der Waals surface area contributed by atoms with E-state index in [0.717, 1.165) is 35.0 Å². The van der Waals surface area contributed by atoms with Gasteiger partial charge in [0.1, 0.15) is 11.4 Å². The molecule has 6 heteroatoms. The number of carbonyl (C=O) groups excluding carboxylic acids is 1. The first-order valence-electron chi connectivity index (χ1n) is 8.91. The summed E-state index contributed by atoms with van der Waals surface area (Å²) >= 11 is 1.64. The smallest absolute Gasteiger partial charge is 0.307 e. The average Bonchev–Trinajstić information content (AvgIpc) is 3.06. The van der Waals surface area contributed by atoms with Gasteiger partial charge in [-0.3, -0.25) is 14.2 Å². The summed E-state index contributed by atoms with van der Waals surface area (Å²) in [6, 6.07) is 9.56. The van der Waals surface area contributed by atoms with E-state index in [4.69, 9.17) is 4.74 Å². The van der Waals surface area contributed by atoms with Crippen molar-refractivity contribution in [2.75, 3.05) is 0 Å². The van der Waals surface area contributed by atoms with Gasteiger partial charge in [0.2, 0.25) is 0 Å². The van der Waals surface area contributed by atoms with E-state index in [9.17, 15) is 9.59 Å². The number of esters is 1. The molecule has 0 atom stereocenters. The van der Waals surface area contributed by atoms with E-state index in [0.29, 0.717) is 6.54 Å². The van der Waals surface area contributed by atoms with Crippen molar-refractivity contribution < 1.29 is 9.53 Å². The van der Waals surface area contributed by atoms with Gasteiger partial charge in [-0.2, -0.15) is 0 Å². The van der Waals surface area contributed by atoms with E-state index in [1.165, 1.54) is 21.4 Å². The Kier molecular flexibility index (Phi) is 4.84. The summed E-state index contributed by atoms with van der Waals surface area (Å²) in [5.41, 5.74) is 2.09. The van der Waals surface area contributed by atoms with Crippen molar-refractivity contribution >= 4 is 27.5 Å². The van der Waals surface area contributed by atoms with Crippen molar-refractivity contribution in [1.82, 2.24) is 9.55 Å². The quantitative estimate of drug-likeness (QED) is 0.647. The van der Waals surface area contributed by atoms with Crippen LogP contribution in [-0.4, -0.2) is 15.5 Å². The fourth-order valence-corrected chi connectivity index (χ4v) is 4.58. The predicted molar refractivity (Wildman–Crippen MR) is 101 cm³/mol. The number of thiophene rings is 1. The monoisotopic (exact) mass is 368 g/mol. The highest BCUT2D eigenvalue weighted by Gasteiger charge is 2.20.